The molecule has 0 aromatic carbocycles. The van der Waals surface area contributed by atoms with Gasteiger partial charge >= 0.3 is 0 Å². The molecule has 0 amide bonds. The maximum absolute atomic E-state index is 11.9. The molecule has 2 heteroatoms. The van der Waals surface area contributed by atoms with Crippen molar-refractivity contribution in [2.45, 2.75) is 181 Å². The molecule has 0 N–H and O–H groups in total. The van der Waals surface area contributed by atoms with Gasteiger partial charge in [-0.3, -0.25) is 9.59 Å². The quantitative estimate of drug-likeness (QED) is 0.348. The van der Waals surface area contributed by atoms with Gasteiger partial charge in [0.2, 0.25) is 0 Å². The summed E-state index contributed by atoms with van der Waals surface area (Å²) in [5.41, 5.74) is 0. The van der Waals surface area contributed by atoms with Crippen LogP contribution in [0.4, 0.5) is 0 Å². The highest BCUT2D eigenvalue weighted by molar-refractivity contribution is 5.80. The molecular weight excluding hydrogens is 416 g/mol. The van der Waals surface area contributed by atoms with Gasteiger partial charge < -0.3 is 0 Å². The first-order valence-electron chi connectivity index (χ1n) is 15.6. The first-order valence-corrected chi connectivity index (χ1v) is 15.6. The van der Waals surface area contributed by atoms with Crippen LogP contribution in [0.25, 0.3) is 0 Å². The maximum atomic E-state index is 11.9. The zero-order chi connectivity index (χ0) is 24.7. The Morgan fingerprint density at radius 1 is 0.441 bits per heavy atom. The van der Waals surface area contributed by atoms with E-state index in [-0.39, 0.29) is 0 Å². The Labute approximate surface area is 213 Å². The van der Waals surface area contributed by atoms with Crippen LogP contribution < -0.4 is 0 Å². The fourth-order valence-electron chi connectivity index (χ4n) is 5.57. The Kier molecular flexibility index (Phi) is 21.0. The molecule has 0 radical (unpaired) electrons. The minimum atomic E-state index is 0.320. The van der Waals surface area contributed by atoms with Crippen LogP contribution in [0.3, 0.4) is 0 Å². The van der Waals surface area contributed by atoms with Crippen LogP contribution in [0.2, 0.25) is 0 Å². The van der Waals surface area contributed by atoms with Crippen molar-refractivity contribution in [1.29, 1.82) is 0 Å². The molecule has 0 heterocycles. The van der Waals surface area contributed by atoms with E-state index in [1.807, 2.05) is 0 Å². The van der Waals surface area contributed by atoms with Crippen LogP contribution in [0, 0.1) is 11.8 Å². The molecule has 0 aromatic heterocycles. The number of carbonyl (C=O) groups is 2. The summed E-state index contributed by atoms with van der Waals surface area (Å²) >= 11 is 0. The highest BCUT2D eigenvalue weighted by atomic mass is 16.1. The lowest BCUT2D eigenvalue weighted by Crippen LogP contribution is -2.10. The molecule has 200 valence electrons. The van der Waals surface area contributed by atoms with Crippen LogP contribution in [0.15, 0.2) is 0 Å². The normalized spacial score (nSPS) is 27.1. The Balaban J connectivity index is 0.000000340. The van der Waals surface area contributed by atoms with Crippen molar-refractivity contribution in [2.24, 2.45) is 11.8 Å². The van der Waals surface area contributed by atoms with Gasteiger partial charge in [0.25, 0.3) is 0 Å². The van der Waals surface area contributed by atoms with Crippen LogP contribution in [0.5, 0.6) is 0 Å². The summed E-state index contributed by atoms with van der Waals surface area (Å²) in [7, 11) is 0. The summed E-state index contributed by atoms with van der Waals surface area (Å²) < 4.78 is 0. The average Bonchev–Trinajstić information content (AvgIpc) is 2.83. The van der Waals surface area contributed by atoms with Gasteiger partial charge in [0.05, 0.1) is 0 Å². The zero-order valence-electron chi connectivity index (χ0n) is 23.4. The lowest BCUT2D eigenvalue weighted by molar-refractivity contribution is -0.122. The van der Waals surface area contributed by atoms with Crippen molar-refractivity contribution in [3.05, 3.63) is 0 Å². The predicted molar refractivity (Wildman–Crippen MR) is 148 cm³/mol. The molecule has 2 rings (SSSR count). The third-order valence-corrected chi connectivity index (χ3v) is 8.09. The van der Waals surface area contributed by atoms with Gasteiger partial charge in [-0.05, 0) is 25.2 Å². The number of carbonyl (C=O) groups excluding carboxylic acids is 2. The summed E-state index contributed by atoms with van der Waals surface area (Å²) in [6.07, 6.45) is 33.1. The van der Waals surface area contributed by atoms with Gasteiger partial charge in [0, 0.05) is 25.2 Å². The summed E-state index contributed by atoms with van der Waals surface area (Å²) in [5.74, 6) is 1.96. The second-order valence-corrected chi connectivity index (χ2v) is 11.7. The monoisotopic (exact) mass is 476 g/mol. The number of Topliss-reactive ketones (excluding diaryl/α,β-unsaturated/α-hetero) is 2. The first kappa shape index (κ1) is 31.4. The number of hydrogen-bond donors (Lipinski definition) is 0. The van der Waals surface area contributed by atoms with E-state index >= 15 is 0 Å². The molecule has 0 aromatic rings. The molecule has 0 aliphatic heterocycles. The number of rotatable bonds is 0. The molecule has 0 spiro atoms. The summed E-state index contributed by atoms with van der Waals surface area (Å²) in [6, 6.07) is 0. The standard InChI is InChI=1S/2C16H30O/c1-15-12-10-8-6-4-2-3-5-7-9-11-13-16(17)14-15;1-15-13-11-9-7-5-3-2-4-6-8-10-12-14-16(15)17/h2*15H,2-14H2,1H3. The largest absolute Gasteiger partial charge is 0.300 e. The van der Waals surface area contributed by atoms with Crippen molar-refractivity contribution in [1.82, 2.24) is 0 Å². The summed E-state index contributed by atoms with van der Waals surface area (Å²) in [6.45, 7) is 4.37. The third-order valence-electron chi connectivity index (χ3n) is 8.09. The smallest absolute Gasteiger partial charge is 0.135 e. The number of hydrogen-bond acceptors (Lipinski definition) is 2. The molecule has 2 aliphatic carbocycles. The zero-order valence-corrected chi connectivity index (χ0v) is 23.4. The number of ketones is 2. The molecule has 2 unspecified atom stereocenters. The van der Waals surface area contributed by atoms with Gasteiger partial charge in [0.1, 0.15) is 11.6 Å². The molecule has 34 heavy (non-hydrogen) atoms. The van der Waals surface area contributed by atoms with E-state index in [4.69, 9.17) is 0 Å². The Morgan fingerprint density at radius 2 is 0.794 bits per heavy atom. The van der Waals surface area contributed by atoms with Gasteiger partial charge in [-0.15, -0.1) is 0 Å². The van der Waals surface area contributed by atoms with E-state index in [0.29, 0.717) is 23.4 Å². The van der Waals surface area contributed by atoms with E-state index in [1.165, 1.54) is 128 Å². The van der Waals surface area contributed by atoms with Gasteiger partial charge in [-0.25, -0.2) is 0 Å². The van der Waals surface area contributed by atoms with Crippen LogP contribution in [-0.4, -0.2) is 11.6 Å². The first-order chi connectivity index (χ1) is 16.6. The third kappa shape index (κ3) is 19.6. The Hall–Kier alpha value is -0.660. The van der Waals surface area contributed by atoms with Crippen LogP contribution in [-0.2, 0) is 9.59 Å². The highest BCUT2D eigenvalue weighted by Crippen LogP contribution is 2.19. The molecule has 2 aliphatic rings. The minimum absolute atomic E-state index is 0.320. The fourth-order valence-corrected chi connectivity index (χ4v) is 5.57. The van der Waals surface area contributed by atoms with E-state index in [9.17, 15) is 9.59 Å². The van der Waals surface area contributed by atoms with Gasteiger partial charge in [-0.1, -0.05) is 142 Å². The Morgan fingerprint density at radius 3 is 1.26 bits per heavy atom. The molecule has 2 nitrogen and oxygen atoms in total. The Bertz CT molecular complexity index is 483. The lowest BCUT2D eigenvalue weighted by Gasteiger charge is -2.10. The second kappa shape index (κ2) is 22.8. The average molecular weight is 477 g/mol. The van der Waals surface area contributed by atoms with Crippen LogP contribution >= 0.6 is 0 Å². The van der Waals surface area contributed by atoms with E-state index in [1.54, 1.807) is 0 Å². The van der Waals surface area contributed by atoms with Crippen molar-refractivity contribution in [3.63, 3.8) is 0 Å². The van der Waals surface area contributed by atoms with Crippen molar-refractivity contribution in [2.75, 3.05) is 0 Å². The van der Waals surface area contributed by atoms with Crippen molar-refractivity contribution >= 4 is 11.6 Å². The second-order valence-electron chi connectivity index (χ2n) is 11.7. The van der Waals surface area contributed by atoms with Crippen LogP contribution in [0.1, 0.15) is 181 Å². The molecule has 2 atom stereocenters. The highest BCUT2D eigenvalue weighted by Gasteiger charge is 2.12. The van der Waals surface area contributed by atoms with Crippen molar-refractivity contribution in [3.8, 4) is 0 Å². The topological polar surface area (TPSA) is 34.1 Å². The minimum Gasteiger partial charge on any atom is -0.300 e. The van der Waals surface area contributed by atoms with Gasteiger partial charge in [0.15, 0.2) is 0 Å². The molecule has 2 saturated carbocycles. The maximum Gasteiger partial charge on any atom is 0.135 e. The molecular formula is C32H60O2. The van der Waals surface area contributed by atoms with Gasteiger partial charge in [-0.2, -0.15) is 0 Å². The van der Waals surface area contributed by atoms with Crippen molar-refractivity contribution < 1.29 is 9.59 Å². The molecule has 2 fully saturated rings. The SMILES string of the molecule is CC1CCCCCCCCCCCCC(=O)C1.CC1CCCCCCCCCCCCCC1=O. The van der Waals surface area contributed by atoms with E-state index in [0.717, 1.165) is 38.5 Å². The summed E-state index contributed by atoms with van der Waals surface area (Å²) in [5, 5.41) is 0. The lowest BCUT2D eigenvalue weighted by atomic mass is 9.95. The molecule has 0 bridgehead atoms. The van der Waals surface area contributed by atoms with E-state index < -0.39 is 0 Å². The predicted octanol–water partition coefficient (Wildman–Crippen LogP) is 10.6. The van der Waals surface area contributed by atoms with E-state index in [2.05, 4.69) is 13.8 Å². The summed E-state index contributed by atoms with van der Waals surface area (Å²) in [4.78, 5) is 23.6. The fraction of sp³-hybridized carbons (Fsp3) is 0.938. The molecule has 0 saturated heterocycles.